The second-order valence-corrected chi connectivity index (χ2v) is 6.05. The molecule has 140 valence electrons. The molecule has 0 aliphatic rings. The zero-order valence-corrected chi connectivity index (χ0v) is 15.3. The van der Waals surface area contributed by atoms with Gasteiger partial charge in [0.05, 0.1) is 31.0 Å². The fraction of sp³-hybridized carbons (Fsp3) is 0.0952. The summed E-state index contributed by atoms with van der Waals surface area (Å²) in [5.74, 6) is 0.497. The van der Waals surface area contributed by atoms with Crippen molar-refractivity contribution in [3.8, 4) is 34.1 Å². The summed E-state index contributed by atoms with van der Waals surface area (Å²) in [5.41, 5.74) is 2.68. The van der Waals surface area contributed by atoms with Crippen LogP contribution in [0.4, 0.5) is 0 Å². The van der Waals surface area contributed by atoms with E-state index in [0.717, 1.165) is 5.56 Å². The van der Waals surface area contributed by atoms with E-state index < -0.39 is 5.97 Å². The molecule has 0 bridgehead atoms. The molecule has 7 nitrogen and oxygen atoms in total. The maximum atomic E-state index is 11.9. The first-order valence-corrected chi connectivity index (χ1v) is 8.53. The molecule has 0 unspecified atom stereocenters. The quantitative estimate of drug-likeness (QED) is 0.547. The Morgan fingerprint density at radius 3 is 2.46 bits per heavy atom. The predicted molar refractivity (Wildman–Crippen MR) is 105 cm³/mol. The van der Waals surface area contributed by atoms with Crippen molar-refractivity contribution in [3.05, 3.63) is 60.2 Å². The highest BCUT2D eigenvalue weighted by Gasteiger charge is 2.20. The van der Waals surface area contributed by atoms with Gasteiger partial charge in [-0.2, -0.15) is 0 Å². The van der Waals surface area contributed by atoms with Crippen LogP contribution < -0.4 is 9.47 Å². The Hall–Kier alpha value is -3.87. The van der Waals surface area contributed by atoms with Gasteiger partial charge in [-0.1, -0.05) is 36.4 Å². The summed E-state index contributed by atoms with van der Waals surface area (Å²) in [5, 5.41) is 9.73. The monoisotopic (exact) mass is 375 g/mol. The van der Waals surface area contributed by atoms with Gasteiger partial charge in [-0.25, -0.2) is 14.8 Å². The van der Waals surface area contributed by atoms with Crippen molar-refractivity contribution in [3.63, 3.8) is 0 Å². The highest BCUT2D eigenvalue weighted by Crippen LogP contribution is 2.38. The van der Waals surface area contributed by atoms with Crippen LogP contribution in [0, 0.1) is 0 Å². The number of aromatic nitrogens is 3. The second-order valence-electron chi connectivity index (χ2n) is 6.05. The molecule has 0 atom stereocenters. The van der Waals surface area contributed by atoms with Crippen LogP contribution in [0.1, 0.15) is 10.4 Å². The van der Waals surface area contributed by atoms with Crippen molar-refractivity contribution >= 4 is 17.1 Å². The minimum Gasteiger partial charge on any atom is -0.493 e. The zero-order valence-electron chi connectivity index (χ0n) is 15.3. The number of fused-ring (bicyclic) bond motifs is 1. The van der Waals surface area contributed by atoms with E-state index in [0.29, 0.717) is 39.7 Å². The summed E-state index contributed by atoms with van der Waals surface area (Å²) in [6.45, 7) is 0. The molecule has 0 aliphatic heterocycles. The van der Waals surface area contributed by atoms with E-state index in [4.69, 9.17) is 9.47 Å². The number of carbonyl (C=O) groups is 1. The predicted octanol–water partition coefficient (Wildman–Crippen LogP) is 4.01. The summed E-state index contributed by atoms with van der Waals surface area (Å²) in [7, 11) is 3.07. The Balaban J connectivity index is 1.96. The van der Waals surface area contributed by atoms with Gasteiger partial charge in [-0.3, -0.25) is 0 Å². The molecule has 4 aromatic rings. The first-order chi connectivity index (χ1) is 13.6. The Kier molecular flexibility index (Phi) is 4.41. The third-order valence-corrected chi connectivity index (χ3v) is 4.42. The number of pyridine rings is 1. The Labute approximate surface area is 160 Å². The number of para-hydroxylation sites is 1. The lowest BCUT2D eigenvalue weighted by Crippen LogP contribution is -2.01. The molecule has 2 heterocycles. The highest BCUT2D eigenvalue weighted by atomic mass is 16.5. The Morgan fingerprint density at radius 2 is 1.79 bits per heavy atom. The highest BCUT2D eigenvalue weighted by molar-refractivity contribution is 6.02. The fourth-order valence-electron chi connectivity index (χ4n) is 3.12. The maximum Gasteiger partial charge on any atom is 0.338 e. The summed E-state index contributed by atoms with van der Waals surface area (Å²) in [4.78, 5) is 24.1. The SMILES string of the molecule is COc1cccc(-c2cc(C(=O)O)c3[nH]c(-c4ccccc4)nc3n2)c1OC. The van der Waals surface area contributed by atoms with Gasteiger partial charge in [0.25, 0.3) is 0 Å². The first kappa shape index (κ1) is 17.5. The molecule has 0 spiro atoms. The molecule has 0 saturated heterocycles. The molecular weight excluding hydrogens is 358 g/mol. The molecule has 2 aromatic heterocycles. The normalized spacial score (nSPS) is 10.8. The van der Waals surface area contributed by atoms with E-state index in [1.807, 2.05) is 30.3 Å². The van der Waals surface area contributed by atoms with Crippen LogP contribution in [0.25, 0.3) is 33.8 Å². The van der Waals surface area contributed by atoms with E-state index in [9.17, 15) is 9.90 Å². The summed E-state index contributed by atoms with van der Waals surface area (Å²) in [6, 6.07) is 16.3. The van der Waals surface area contributed by atoms with Crippen molar-refractivity contribution in [2.24, 2.45) is 0 Å². The van der Waals surface area contributed by atoms with E-state index in [-0.39, 0.29) is 5.56 Å². The van der Waals surface area contributed by atoms with Crippen molar-refractivity contribution in [2.75, 3.05) is 14.2 Å². The minimum absolute atomic E-state index is 0.0829. The molecule has 0 amide bonds. The number of ether oxygens (including phenoxy) is 2. The number of imidazole rings is 1. The summed E-state index contributed by atoms with van der Waals surface area (Å²) < 4.78 is 10.8. The van der Waals surface area contributed by atoms with Gasteiger partial charge >= 0.3 is 5.97 Å². The molecule has 0 saturated carbocycles. The number of carboxylic acids is 1. The standard InChI is InChI=1S/C21H17N3O4/c1-27-16-10-6-9-13(18(16)28-2)15-11-14(21(25)26)17-20(22-15)24-19(23-17)12-7-4-3-5-8-12/h3-11H,1-2H3,(H,25,26)(H,22,23,24). The number of benzene rings is 2. The van der Waals surface area contributed by atoms with Crippen LogP contribution in [0.5, 0.6) is 11.5 Å². The number of hydrogen-bond donors (Lipinski definition) is 2. The summed E-state index contributed by atoms with van der Waals surface area (Å²) >= 11 is 0. The number of rotatable bonds is 5. The number of H-pyrrole nitrogens is 1. The number of methoxy groups -OCH3 is 2. The lowest BCUT2D eigenvalue weighted by Gasteiger charge is -2.12. The van der Waals surface area contributed by atoms with Gasteiger partial charge in [-0.15, -0.1) is 0 Å². The molecule has 28 heavy (non-hydrogen) atoms. The number of carboxylic acid groups (broad SMARTS) is 1. The van der Waals surface area contributed by atoms with Crippen LogP contribution >= 0.6 is 0 Å². The van der Waals surface area contributed by atoms with Gasteiger partial charge in [0.15, 0.2) is 17.1 Å². The third kappa shape index (κ3) is 2.92. The van der Waals surface area contributed by atoms with Gasteiger partial charge in [0, 0.05) is 11.1 Å². The average Bonchev–Trinajstić information content (AvgIpc) is 3.17. The van der Waals surface area contributed by atoms with E-state index >= 15 is 0 Å². The molecule has 0 fully saturated rings. The molecule has 7 heteroatoms. The third-order valence-electron chi connectivity index (χ3n) is 4.42. The second kappa shape index (κ2) is 7.03. The van der Waals surface area contributed by atoms with Gasteiger partial charge in [0.2, 0.25) is 0 Å². The van der Waals surface area contributed by atoms with E-state index in [1.54, 1.807) is 25.3 Å². The molecule has 0 radical (unpaired) electrons. The Morgan fingerprint density at radius 1 is 1.00 bits per heavy atom. The average molecular weight is 375 g/mol. The summed E-state index contributed by atoms with van der Waals surface area (Å²) in [6.07, 6.45) is 0. The first-order valence-electron chi connectivity index (χ1n) is 8.53. The molecular formula is C21H17N3O4. The maximum absolute atomic E-state index is 11.9. The fourth-order valence-corrected chi connectivity index (χ4v) is 3.12. The Bertz CT molecular complexity index is 1170. The number of hydrogen-bond acceptors (Lipinski definition) is 5. The number of aromatic carboxylic acids is 1. The van der Waals surface area contributed by atoms with Crippen LogP contribution in [-0.4, -0.2) is 40.2 Å². The molecule has 4 rings (SSSR count). The van der Waals surface area contributed by atoms with Crippen LogP contribution in [0.15, 0.2) is 54.6 Å². The van der Waals surface area contributed by atoms with Crippen molar-refractivity contribution in [1.29, 1.82) is 0 Å². The zero-order chi connectivity index (χ0) is 19.7. The van der Waals surface area contributed by atoms with Crippen molar-refractivity contribution in [1.82, 2.24) is 15.0 Å². The van der Waals surface area contributed by atoms with Gasteiger partial charge in [-0.05, 0) is 18.2 Å². The molecule has 0 aliphatic carbocycles. The smallest absolute Gasteiger partial charge is 0.338 e. The van der Waals surface area contributed by atoms with Gasteiger partial charge < -0.3 is 19.6 Å². The minimum atomic E-state index is -1.07. The van der Waals surface area contributed by atoms with Gasteiger partial charge in [0.1, 0.15) is 5.82 Å². The van der Waals surface area contributed by atoms with Crippen molar-refractivity contribution < 1.29 is 19.4 Å². The molecule has 2 aromatic carbocycles. The number of aromatic amines is 1. The van der Waals surface area contributed by atoms with Crippen molar-refractivity contribution in [2.45, 2.75) is 0 Å². The number of nitrogens with zero attached hydrogens (tertiary/aromatic N) is 2. The van der Waals surface area contributed by atoms with E-state index in [2.05, 4.69) is 15.0 Å². The van der Waals surface area contributed by atoms with Crippen LogP contribution in [0.2, 0.25) is 0 Å². The van der Waals surface area contributed by atoms with Crippen LogP contribution in [0.3, 0.4) is 0 Å². The largest absolute Gasteiger partial charge is 0.493 e. The number of nitrogens with one attached hydrogen (secondary N) is 1. The molecule has 2 N–H and O–H groups in total. The van der Waals surface area contributed by atoms with Crippen LogP contribution in [-0.2, 0) is 0 Å². The topological polar surface area (TPSA) is 97.3 Å². The lowest BCUT2D eigenvalue weighted by molar-refractivity contribution is 0.0699. The van der Waals surface area contributed by atoms with E-state index in [1.165, 1.54) is 13.2 Å². The lowest BCUT2D eigenvalue weighted by atomic mass is 10.1.